The van der Waals surface area contributed by atoms with Crippen LogP contribution in [0.2, 0.25) is 0 Å². The third-order valence-electron chi connectivity index (χ3n) is 5.35. The molecule has 10 heteroatoms. The van der Waals surface area contributed by atoms with Crippen molar-refractivity contribution in [1.29, 1.82) is 0 Å². The monoisotopic (exact) mass is 488 g/mol. The molecule has 0 fully saturated rings. The fraction of sp³-hybridized carbons (Fsp3) is 0.440. The van der Waals surface area contributed by atoms with Gasteiger partial charge in [0.1, 0.15) is 13.4 Å². The second kappa shape index (κ2) is 14.8. The van der Waals surface area contributed by atoms with Crippen molar-refractivity contribution in [3.8, 4) is 0 Å². The Labute approximate surface area is 204 Å². The quantitative estimate of drug-likeness (QED) is 0.123. The Morgan fingerprint density at radius 3 is 2.34 bits per heavy atom. The molecule has 0 bridgehead atoms. The van der Waals surface area contributed by atoms with E-state index in [1.165, 1.54) is 29.2 Å². The summed E-state index contributed by atoms with van der Waals surface area (Å²) in [6.07, 6.45) is 0.293. The molecule has 0 heterocycles. The van der Waals surface area contributed by atoms with E-state index in [1.807, 2.05) is 30.3 Å². The van der Waals surface area contributed by atoms with E-state index in [9.17, 15) is 19.7 Å². The maximum absolute atomic E-state index is 13.0. The number of amides is 1. The second-order valence-corrected chi connectivity index (χ2v) is 7.99. The first-order valence-electron chi connectivity index (χ1n) is 11.2. The van der Waals surface area contributed by atoms with Gasteiger partial charge in [-0.05, 0) is 24.1 Å². The number of esters is 1. The normalized spacial score (nSPS) is 12.5. The summed E-state index contributed by atoms with van der Waals surface area (Å²) < 4.78 is 21.3. The summed E-state index contributed by atoms with van der Waals surface area (Å²) in [6.45, 7) is 2.82. The molecule has 2 aromatic rings. The lowest BCUT2D eigenvalue weighted by Gasteiger charge is -2.30. The van der Waals surface area contributed by atoms with Crippen LogP contribution in [0.1, 0.15) is 29.3 Å². The highest BCUT2D eigenvalue weighted by Crippen LogP contribution is 2.18. The van der Waals surface area contributed by atoms with Crippen LogP contribution in [-0.4, -0.2) is 68.5 Å². The van der Waals surface area contributed by atoms with Crippen molar-refractivity contribution in [3.63, 3.8) is 0 Å². The van der Waals surface area contributed by atoms with Crippen LogP contribution in [0.25, 0.3) is 0 Å². The Morgan fingerprint density at radius 1 is 1.03 bits per heavy atom. The number of hydrogen-bond acceptors (Lipinski definition) is 8. The highest BCUT2D eigenvalue weighted by Gasteiger charge is 2.27. The highest BCUT2D eigenvalue weighted by molar-refractivity contribution is 5.94. The summed E-state index contributed by atoms with van der Waals surface area (Å²) in [7, 11) is 3.17. The van der Waals surface area contributed by atoms with Gasteiger partial charge in [-0.1, -0.05) is 37.3 Å². The molecule has 10 nitrogen and oxygen atoms in total. The maximum atomic E-state index is 13.0. The van der Waals surface area contributed by atoms with E-state index in [0.29, 0.717) is 25.2 Å². The van der Waals surface area contributed by atoms with Crippen LogP contribution in [0.15, 0.2) is 54.6 Å². The van der Waals surface area contributed by atoms with Gasteiger partial charge in [0, 0.05) is 31.9 Å². The number of nitro benzene ring substituents is 1. The fourth-order valence-electron chi connectivity index (χ4n) is 3.25. The molecule has 0 spiro atoms. The number of carbonyl (C=O) groups excluding carboxylic acids is 2. The lowest BCUT2D eigenvalue weighted by molar-refractivity contribution is -0.384. The summed E-state index contributed by atoms with van der Waals surface area (Å²) in [5, 5.41) is 10.9. The Hall–Kier alpha value is -3.34. The standard InChI is InChI=1S/C25H32N2O8/c1-19(25(29)35-16-20-7-5-4-6-8-20)15-23(17-34-18-33-14-13-32-3)26(2)24(28)21-9-11-22(12-10-21)27(30)31/h4-12,19,23H,13-18H2,1-3H3/t19-,23-/m0/s1. The van der Waals surface area contributed by atoms with Gasteiger partial charge in [-0.25, -0.2) is 0 Å². The average molecular weight is 489 g/mol. The first kappa shape index (κ1) is 27.9. The first-order valence-corrected chi connectivity index (χ1v) is 11.2. The van der Waals surface area contributed by atoms with Gasteiger partial charge in [0.15, 0.2) is 0 Å². The largest absolute Gasteiger partial charge is 0.461 e. The number of ether oxygens (including phenoxy) is 4. The fourth-order valence-corrected chi connectivity index (χ4v) is 3.25. The smallest absolute Gasteiger partial charge is 0.309 e. The van der Waals surface area contributed by atoms with E-state index in [1.54, 1.807) is 21.1 Å². The Bertz CT molecular complexity index is 936. The molecule has 190 valence electrons. The lowest BCUT2D eigenvalue weighted by atomic mass is 10.0. The molecule has 1 amide bonds. The molecule has 0 aromatic heterocycles. The molecule has 0 N–H and O–H groups in total. The van der Waals surface area contributed by atoms with E-state index in [0.717, 1.165) is 5.56 Å². The minimum absolute atomic E-state index is 0.00621. The second-order valence-electron chi connectivity index (χ2n) is 7.99. The number of carbonyl (C=O) groups is 2. The molecule has 0 aliphatic rings. The lowest BCUT2D eigenvalue weighted by Crippen LogP contribution is -2.42. The molecule has 2 aromatic carbocycles. The number of methoxy groups -OCH3 is 1. The van der Waals surface area contributed by atoms with E-state index in [2.05, 4.69) is 0 Å². The van der Waals surface area contributed by atoms with Gasteiger partial charge in [0.2, 0.25) is 0 Å². The highest BCUT2D eigenvalue weighted by atomic mass is 16.7. The third kappa shape index (κ3) is 9.44. The summed E-state index contributed by atoms with van der Waals surface area (Å²) in [5.74, 6) is -1.24. The molecule has 0 unspecified atom stereocenters. The summed E-state index contributed by atoms with van der Waals surface area (Å²) in [6, 6.07) is 14.3. The van der Waals surface area contributed by atoms with Crippen molar-refractivity contribution in [2.75, 3.05) is 40.8 Å². The van der Waals surface area contributed by atoms with Crippen molar-refractivity contribution in [1.82, 2.24) is 4.90 Å². The van der Waals surface area contributed by atoms with Crippen molar-refractivity contribution < 1.29 is 33.5 Å². The average Bonchev–Trinajstić information content (AvgIpc) is 2.88. The van der Waals surface area contributed by atoms with Crippen LogP contribution >= 0.6 is 0 Å². The molecule has 0 saturated heterocycles. The van der Waals surface area contributed by atoms with Crippen molar-refractivity contribution >= 4 is 17.6 Å². The Kier molecular flexibility index (Phi) is 11.8. The zero-order valence-electron chi connectivity index (χ0n) is 20.3. The number of hydrogen-bond donors (Lipinski definition) is 0. The van der Waals surface area contributed by atoms with Gasteiger partial charge in [-0.2, -0.15) is 0 Å². The minimum atomic E-state index is -0.527. The number of likely N-dealkylation sites (N-methyl/N-ethyl adjacent to an activating group) is 1. The van der Waals surface area contributed by atoms with E-state index in [-0.39, 0.29) is 37.6 Å². The molecule has 0 aliphatic carbocycles. The van der Waals surface area contributed by atoms with Gasteiger partial charge in [0.05, 0.1) is 36.7 Å². The van der Waals surface area contributed by atoms with Gasteiger partial charge < -0.3 is 23.8 Å². The van der Waals surface area contributed by atoms with Crippen LogP contribution < -0.4 is 0 Å². The Balaban J connectivity index is 2.02. The maximum Gasteiger partial charge on any atom is 0.309 e. The first-order chi connectivity index (χ1) is 16.8. The van der Waals surface area contributed by atoms with Crippen LogP contribution in [-0.2, 0) is 30.3 Å². The zero-order valence-corrected chi connectivity index (χ0v) is 20.3. The minimum Gasteiger partial charge on any atom is -0.461 e. The van der Waals surface area contributed by atoms with Crippen LogP contribution in [0.3, 0.4) is 0 Å². The number of nitro groups is 1. The molecule has 0 radical (unpaired) electrons. The SMILES string of the molecule is COCCOCOC[C@H](C[C@H](C)C(=O)OCc1ccccc1)N(C)C(=O)c1ccc([N+](=O)[O-])cc1. The molecular formula is C25H32N2O8. The van der Waals surface area contributed by atoms with Crippen LogP contribution in [0, 0.1) is 16.0 Å². The predicted octanol–water partition coefficient (Wildman–Crippen LogP) is 3.44. The number of benzene rings is 2. The molecule has 0 aliphatic heterocycles. The van der Waals surface area contributed by atoms with Crippen LogP contribution in [0.5, 0.6) is 0 Å². The summed E-state index contributed by atoms with van der Waals surface area (Å²) >= 11 is 0. The van der Waals surface area contributed by atoms with Gasteiger partial charge >= 0.3 is 5.97 Å². The van der Waals surface area contributed by atoms with Gasteiger partial charge in [-0.15, -0.1) is 0 Å². The topological polar surface area (TPSA) is 117 Å². The van der Waals surface area contributed by atoms with E-state index >= 15 is 0 Å². The van der Waals surface area contributed by atoms with E-state index in [4.69, 9.17) is 18.9 Å². The van der Waals surface area contributed by atoms with Crippen molar-refractivity contribution in [3.05, 3.63) is 75.8 Å². The number of rotatable bonds is 15. The van der Waals surface area contributed by atoms with Gasteiger partial charge in [0.25, 0.3) is 11.6 Å². The zero-order chi connectivity index (χ0) is 25.6. The van der Waals surface area contributed by atoms with Crippen molar-refractivity contribution in [2.24, 2.45) is 5.92 Å². The van der Waals surface area contributed by atoms with E-state index < -0.39 is 16.9 Å². The molecule has 35 heavy (non-hydrogen) atoms. The Morgan fingerprint density at radius 2 is 1.71 bits per heavy atom. The summed E-state index contributed by atoms with van der Waals surface area (Å²) in [5.41, 5.74) is 1.07. The molecule has 0 saturated carbocycles. The molecular weight excluding hydrogens is 456 g/mol. The van der Waals surface area contributed by atoms with Crippen LogP contribution in [0.4, 0.5) is 5.69 Å². The third-order valence-corrected chi connectivity index (χ3v) is 5.35. The summed E-state index contributed by atoms with van der Waals surface area (Å²) in [4.78, 5) is 37.5. The number of nitrogens with zero attached hydrogens (tertiary/aromatic N) is 2. The number of non-ortho nitro benzene ring substituents is 1. The molecule has 2 atom stereocenters. The van der Waals surface area contributed by atoms with Crippen molar-refractivity contribution in [2.45, 2.75) is 26.0 Å². The molecule has 2 rings (SSSR count). The van der Waals surface area contributed by atoms with Gasteiger partial charge in [-0.3, -0.25) is 19.7 Å². The predicted molar refractivity (Wildman–Crippen MR) is 128 cm³/mol.